The molecule has 0 unspecified atom stereocenters. The number of rotatable bonds is 4. The van der Waals surface area contributed by atoms with Crippen LogP contribution < -0.4 is 0 Å². The minimum atomic E-state index is -0.466. The largest absolute Gasteiger partial charge is 0.294 e. The van der Waals surface area contributed by atoms with E-state index in [0.717, 1.165) is 0 Å². The second kappa shape index (κ2) is 6.06. The van der Waals surface area contributed by atoms with Crippen LogP contribution in [-0.2, 0) is 4.79 Å². The van der Waals surface area contributed by atoms with Gasteiger partial charge >= 0.3 is 0 Å². The Bertz CT molecular complexity index is 672. The molecular weight excluding hydrogens is 255 g/mol. The molecule has 2 aromatic rings. The molecule has 100 valence electrons. The van der Waals surface area contributed by atoms with Gasteiger partial charge in [0.15, 0.2) is 11.6 Å². The van der Waals surface area contributed by atoms with Gasteiger partial charge in [-0.1, -0.05) is 48.5 Å². The molecule has 2 aromatic carbocycles. The van der Waals surface area contributed by atoms with Crippen molar-refractivity contribution in [3.8, 4) is 0 Å². The van der Waals surface area contributed by atoms with E-state index < -0.39 is 11.6 Å². The van der Waals surface area contributed by atoms with Gasteiger partial charge in [0.05, 0.1) is 5.57 Å². The van der Waals surface area contributed by atoms with Crippen LogP contribution in [0.3, 0.4) is 0 Å². The van der Waals surface area contributed by atoms with E-state index in [1.165, 1.54) is 25.1 Å². The van der Waals surface area contributed by atoms with Crippen LogP contribution in [0.15, 0.2) is 60.2 Å². The molecule has 2 rings (SSSR count). The molecule has 0 fully saturated rings. The number of hydrogen-bond acceptors (Lipinski definition) is 2. The highest BCUT2D eigenvalue weighted by Crippen LogP contribution is 2.16. The summed E-state index contributed by atoms with van der Waals surface area (Å²) in [6, 6.07) is 14.5. The molecule has 0 aliphatic rings. The van der Waals surface area contributed by atoms with Crippen molar-refractivity contribution < 1.29 is 14.0 Å². The maximum atomic E-state index is 13.6. The third-order valence-electron chi connectivity index (χ3n) is 2.86. The van der Waals surface area contributed by atoms with Crippen LogP contribution in [-0.4, -0.2) is 11.6 Å². The van der Waals surface area contributed by atoms with E-state index in [2.05, 4.69) is 0 Å². The van der Waals surface area contributed by atoms with Gasteiger partial charge in [0, 0.05) is 11.1 Å². The fourth-order valence-corrected chi connectivity index (χ4v) is 1.82. The maximum Gasteiger partial charge on any atom is 0.196 e. The van der Waals surface area contributed by atoms with Gasteiger partial charge in [-0.15, -0.1) is 0 Å². The summed E-state index contributed by atoms with van der Waals surface area (Å²) in [4.78, 5) is 24.0. The van der Waals surface area contributed by atoms with Crippen LogP contribution in [0.1, 0.15) is 22.8 Å². The maximum absolute atomic E-state index is 13.6. The molecule has 0 aliphatic carbocycles. The van der Waals surface area contributed by atoms with Gasteiger partial charge in [-0.3, -0.25) is 9.59 Å². The number of ketones is 2. The minimum absolute atomic E-state index is 0.0266. The van der Waals surface area contributed by atoms with E-state index in [1.54, 1.807) is 42.5 Å². The van der Waals surface area contributed by atoms with Gasteiger partial charge in [0.1, 0.15) is 5.82 Å². The van der Waals surface area contributed by atoms with Crippen molar-refractivity contribution in [1.82, 2.24) is 0 Å². The first kappa shape index (κ1) is 13.9. The Morgan fingerprint density at radius 1 is 0.950 bits per heavy atom. The summed E-state index contributed by atoms with van der Waals surface area (Å²) >= 11 is 0. The number of benzene rings is 2. The summed E-state index contributed by atoms with van der Waals surface area (Å²) in [5.41, 5.74) is 0.605. The van der Waals surface area contributed by atoms with Crippen molar-refractivity contribution in [3.05, 3.63) is 77.1 Å². The molecule has 0 saturated carbocycles. The summed E-state index contributed by atoms with van der Waals surface area (Å²) in [6.45, 7) is 1.30. The number of halogens is 1. The van der Waals surface area contributed by atoms with Crippen molar-refractivity contribution in [3.63, 3.8) is 0 Å². The van der Waals surface area contributed by atoms with Crippen molar-refractivity contribution in [1.29, 1.82) is 0 Å². The van der Waals surface area contributed by atoms with Crippen LogP contribution in [0.5, 0.6) is 0 Å². The standard InChI is InChI=1S/C17H13FO2/c1-12(19)15(11-14-9-5-6-10-16(14)18)17(20)13-7-3-2-4-8-13/h2-11H,1H3/b15-11-. The summed E-state index contributed by atoms with van der Waals surface area (Å²) in [7, 11) is 0. The van der Waals surface area contributed by atoms with Gasteiger partial charge in [-0.05, 0) is 19.1 Å². The molecule has 0 atom stereocenters. The van der Waals surface area contributed by atoms with Crippen molar-refractivity contribution in [2.45, 2.75) is 6.92 Å². The zero-order chi connectivity index (χ0) is 14.5. The lowest BCUT2D eigenvalue weighted by atomic mass is 9.98. The number of Topliss-reactive ketones (excluding diaryl/α,β-unsaturated/α-hetero) is 2. The van der Waals surface area contributed by atoms with E-state index in [4.69, 9.17) is 0 Å². The molecule has 0 N–H and O–H groups in total. The van der Waals surface area contributed by atoms with E-state index in [9.17, 15) is 14.0 Å². The topological polar surface area (TPSA) is 34.1 Å². The molecular formula is C17H13FO2. The number of carbonyl (C=O) groups is 2. The molecule has 0 heterocycles. The molecule has 0 spiro atoms. The molecule has 2 nitrogen and oxygen atoms in total. The minimum Gasteiger partial charge on any atom is -0.294 e. The average Bonchev–Trinajstić information content (AvgIpc) is 2.46. The molecule has 0 amide bonds. The molecule has 0 radical (unpaired) electrons. The number of hydrogen-bond donors (Lipinski definition) is 0. The van der Waals surface area contributed by atoms with Crippen LogP contribution in [0.4, 0.5) is 4.39 Å². The smallest absolute Gasteiger partial charge is 0.196 e. The Morgan fingerprint density at radius 2 is 1.55 bits per heavy atom. The molecule has 20 heavy (non-hydrogen) atoms. The third kappa shape index (κ3) is 3.06. The fourth-order valence-electron chi connectivity index (χ4n) is 1.82. The SMILES string of the molecule is CC(=O)/C(=C/c1ccccc1F)C(=O)c1ccccc1. The van der Waals surface area contributed by atoms with Crippen LogP contribution >= 0.6 is 0 Å². The van der Waals surface area contributed by atoms with E-state index in [0.29, 0.717) is 5.56 Å². The van der Waals surface area contributed by atoms with Gasteiger partial charge in [0.2, 0.25) is 0 Å². The Hall–Kier alpha value is -2.55. The van der Waals surface area contributed by atoms with Crippen LogP contribution in [0.25, 0.3) is 6.08 Å². The van der Waals surface area contributed by atoms with Crippen molar-refractivity contribution in [2.24, 2.45) is 0 Å². The second-order valence-electron chi connectivity index (χ2n) is 4.33. The lowest BCUT2D eigenvalue weighted by Gasteiger charge is -2.04. The molecule has 0 aliphatic heterocycles. The Morgan fingerprint density at radius 3 is 2.15 bits per heavy atom. The highest BCUT2D eigenvalue weighted by Gasteiger charge is 2.16. The third-order valence-corrected chi connectivity index (χ3v) is 2.86. The molecule has 0 bridgehead atoms. The molecule has 0 saturated heterocycles. The Kier molecular flexibility index (Phi) is 4.20. The zero-order valence-electron chi connectivity index (χ0n) is 11.0. The number of carbonyl (C=O) groups excluding carboxylic acids is 2. The summed E-state index contributed by atoms with van der Waals surface area (Å²) < 4.78 is 13.6. The molecule has 3 heteroatoms. The Labute approximate surface area is 116 Å². The predicted molar refractivity (Wildman–Crippen MR) is 75.8 cm³/mol. The Balaban J connectivity index is 2.45. The van der Waals surface area contributed by atoms with Crippen molar-refractivity contribution in [2.75, 3.05) is 0 Å². The van der Waals surface area contributed by atoms with Crippen molar-refractivity contribution >= 4 is 17.6 Å². The number of allylic oxidation sites excluding steroid dienone is 1. The first-order chi connectivity index (χ1) is 9.59. The van der Waals surface area contributed by atoms with E-state index in [-0.39, 0.29) is 16.9 Å². The van der Waals surface area contributed by atoms with Gasteiger partial charge in [-0.2, -0.15) is 0 Å². The van der Waals surface area contributed by atoms with E-state index in [1.807, 2.05) is 0 Å². The lowest BCUT2D eigenvalue weighted by Crippen LogP contribution is -2.10. The second-order valence-corrected chi connectivity index (χ2v) is 4.33. The summed E-state index contributed by atoms with van der Waals surface area (Å²) in [6.07, 6.45) is 1.30. The normalized spacial score (nSPS) is 11.2. The van der Waals surface area contributed by atoms with Gasteiger partial charge in [0.25, 0.3) is 0 Å². The first-order valence-corrected chi connectivity index (χ1v) is 6.16. The quantitative estimate of drug-likeness (QED) is 0.367. The lowest BCUT2D eigenvalue weighted by molar-refractivity contribution is -0.113. The first-order valence-electron chi connectivity index (χ1n) is 6.16. The fraction of sp³-hybridized carbons (Fsp3) is 0.0588. The molecule has 0 aromatic heterocycles. The van der Waals surface area contributed by atoms with E-state index >= 15 is 0 Å². The predicted octanol–water partition coefficient (Wildman–Crippen LogP) is 3.68. The highest BCUT2D eigenvalue weighted by molar-refractivity contribution is 6.28. The summed E-state index contributed by atoms with van der Waals surface area (Å²) in [5.74, 6) is -1.25. The average molecular weight is 268 g/mol. The highest BCUT2D eigenvalue weighted by atomic mass is 19.1. The van der Waals surface area contributed by atoms with Gasteiger partial charge in [-0.25, -0.2) is 4.39 Å². The van der Waals surface area contributed by atoms with Crippen LogP contribution in [0.2, 0.25) is 0 Å². The van der Waals surface area contributed by atoms with Crippen LogP contribution in [0, 0.1) is 5.82 Å². The summed E-state index contributed by atoms with van der Waals surface area (Å²) in [5, 5.41) is 0. The van der Waals surface area contributed by atoms with Gasteiger partial charge < -0.3 is 0 Å². The monoisotopic (exact) mass is 268 g/mol. The zero-order valence-corrected chi connectivity index (χ0v) is 11.0.